The molecule has 4 heteroatoms. The summed E-state index contributed by atoms with van der Waals surface area (Å²) in [5.41, 5.74) is 0. The molecule has 0 aromatic carbocycles. The molecule has 2 aliphatic heterocycles. The van der Waals surface area contributed by atoms with Crippen molar-refractivity contribution in [2.45, 2.75) is 65.0 Å². The van der Waals surface area contributed by atoms with Crippen molar-refractivity contribution < 1.29 is 18.9 Å². The molecule has 0 aliphatic carbocycles. The van der Waals surface area contributed by atoms with Crippen LogP contribution in [-0.4, -0.2) is 44.9 Å². The van der Waals surface area contributed by atoms with E-state index < -0.39 is 0 Å². The minimum absolute atomic E-state index is 0.108. The predicted octanol–water partition coefficient (Wildman–Crippen LogP) is 3.00. The van der Waals surface area contributed by atoms with Gasteiger partial charge in [0.15, 0.2) is 6.29 Å². The molecular formula is C16H30O4. The van der Waals surface area contributed by atoms with E-state index >= 15 is 0 Å². The zero-order valence-electron chi connectivity index (χ0n) is 13.2. The topological polar surface area (TPSA) is 36.9 Å². The highest BCUT2D eigenvalue weighted by Crippen LogP contribution is 2.26. The van der Waals surface area contributed by atoms with Crippen LogP contribution < -0.4 is 0 Å². The first-order valence-corrected chi connectivity index (χ1v) is 8.24. The Labute approximate surface area is 123 Å². The van der Waals surface area contributed by atoms with Crippen molar-refractivity contribution in [1.82, 2.24) is 0 Å². The fourth-order valence-corrected chi connectivity index (χ4v) is 2.72. The zero-order valence-corrected chi connectivity index (χ0v) is 13.2. The van der Waals surface area contributed by atoms with Gasteiger partial charge in [-0.05, 0) is 19.3 Å². The van der Waals surface area contributed by atoms with Gasteiger partial charge < -0.3 is 18.9 Å². The Morgan fingerprint density at radius 2 is 1.40 bits per heavy atom. The Hall–Kier alpha value is -0.160. The molecule has 2 aliphatic rings. The molecule has 20 heavy (non-hydrogen) atoms. The van der Waals surface area contributed by atoms with Gasteiger partial charge >= 0.3 is 0 Å². The van der Waals surface area contributed by atoms with Crippen LogP contribution in [0.4, 0.5) is 0 Å². The maximum Gasteiger partial charge on any atom is 0.157 e. The molecule has 2 heterocycles. The number of ether oxygens (including phenoxy) is 4. The summed E-state index contributed by atoms with van der Waals surface area (Å²) >= 11 is 0. The largest absolute Gasteiger partial charge is 0.375 e. The molecule has 0 aromatic heterocycles. The first kappa shape index (κ1) is 16.2. The second kappa shape index (κ2) is 8.32. The Balaban J connectivity index is 1.64. The van der Waals surface area contributed by atoms with E-state index in [0.717, 1.165) is 26.1 Å². The molecule has 0 amide bonds. The van der Waals surface area contributed by atoms with E-state index in [0.29, 0.717) is 25.0 Å². The van der Waals surface area contributed by atoms with Gasteiger partial charge in [-0.2, -0.15) is 0 Å². The Morgan fingerprint density at radius 3 is 1.70 bits per heavy atom. The number of hydrogen-bond acceptors (Lipinski definition) is 4. The van der Waals surface area contributed by atoms with Crippen molar-refractivity contribution in [3.63, 3.8) is 0 Å². The summed E-state index contributed by atoms with van der Waals surface area (Å²) in [4.78, 5) is 0. The average molecular weight is 286 g/mol. The molecule has 2 saturated heterocycles. The van der Waals surface area contributed by atoms with E-state index in [2.05, 4.69) is 20.8 Å². The molecule has 118 valence electrons. The SMILES string of the molecule is CCCC(OCC1OCC1CC)OCC1OCC1CC. The lowest BCUT2D eigenvalue weighted by molar-refractivity contribution is -0.229. The maximum absolute atomic E-state index is 5.90. The highest BCUT2D eigenvalue weighted by Gasteiger charge is 2.33. The molecule has 4 nitrogen and oxygen atoms in total. The lowest BCUT2D eigenvalue weighted by Gasteiger charge is -2.38. The molecule has 0 saturated carbocycles. The summed E-state index contributed by atoms with van der Waals surface area (Å²) < 4.78 is 22.9. The highest BCUT2D eigenvalue weighted by molar-refractivity contribution is 4.78. The van der Waals surface area contributed by atoms with Crippen molar-refractivity contribution >= 4 is 0 Å². The van der Waals surface area contributed by atoms with Crippen LogP contribution in [-0.2, 0) is 18.9 Å². The van der Waals surface area contributed by atoms with E-state index in [1.165, 1.54) is 12.8 Å². The van der Waals surface area contributed by atoms with Gasteiger partial charge in [-0.1, -0.05) is 27.2 Å². The second-order valence-corrected chi connectivity index (χ2v) is 5.97. The third-order valence-electron chi connectivity index (χ3n) is 4.57. The van der Waals surface area contributed by atoms with Gasteiger partial charge in [-0.25, -0.2) is 0 Å². The summed E-state index contributed by atoms with van der Waals surface area (Å²) in [6, 6.07) is 0. The van der Waals surface area contributed by atoms with E-state index in [1.807, 2.05) is 0 Å². The first-order valence-electron chi connectivity index (χ1n) is 8.24. The van der Waals surface area contributed by atoms with Crippen molar-refractivity contribution in [2.75, 3.05) is 26.4 Å². The van der Waals surface area contributed by atoms with Crippen LogP contribution in [0.5, 0.6) is 0 Å². The van der Waals surface area contributed by atoms with E-state index in [-0.39, 0.29) is 18.5 Å². The van der Waals surface area contributed by atoms with E-state index in [9.17, 15) is 0 Å². The van der Waals surface area contributed by atoms with Gasteiger partial charge in [0, 0.05) is 11.8 Å². The summed E-state index contributed by atoms with van der Waals surface area (Å²) in [5, 5.41) is 0. The number of hydrogen-bond donors (Lipinski definition) is 0. The van der Waals surface area contributed by atoms with Crippen LogP contribution in [0.15, 0.2) is 0 Å². The third kappa shape index (κ3) is 4.17. The number of rotatable bonds is 10. The summed E-state index contributed by atoms with van der Waals surface area (Å²) in [7, 11) is 0. The molecule has 2 rings (SSSR count). The fraction of sp³-hybridized carbons (Fsp3) is 1.00. The summed E-state index contributed by atoms with van der Waals surface area (Å²) in [6.07, 6.45) is 4.77. The average Bonchev–Trinajstić information content (AvgIpc) is 2.37. The summed E-state index contributed by atoms with van der Waals surface area (Å²) in [6.45, 7) is 9.66. The molecule has 2 fully saturated rings. The van der Waals surface area contributed by atoms with Gasteiger partial charge in [0.05, 0.1) is 38.6 Å². The van der Waals surface area contributed by atoms with Crippen LogP contribution in [0.2, 0.25) is 0 Å². The van der Waals surface area contributed by atoms with E-state index in [1.54, 1.807) is 0 Å². The van der Waals surface area contributed by atoms with Crippen LogP contribution in [0, 0.1) is 11.8 Å². The molecule has 0 radical (unpaired) electrons. The van der Waals surface area contributed by atoms with Crippen LogP contribution in [0.1, 0.15) is 46.5 Å². The predicted molar refractivity (Wildman–Crippen MR) is 77.6 cm³/mol. The third-order valence-corrected chi connectivity index (χ3v) is 4.57. The maximum atomic E-state index is 5.90. The molecule has 4 atom stereocenters. The van der Waals surface area contributed by atoms with E-state index in [4.69, 9.17) is 18.9 Å². The normalized spacial score (nSPS) is 34.4. The molecule has 0 N–H and O–H groups in total. The quantitative estimate of drug-likeness (QED) is 0.579. The van der Waals surface area contributed by atoms with Crippen LogP contribution >= 0.6 is 0 Å². The molecule has 0 bridgehead atoms. The van der Waals surface area contributed by atoms with Gasteiger partial charge in [0.25, 0.3) is 0 Å². The Bertz CT molecular complexity index is 243. The van der Waals surface area contributed by atoms with Crippen molar-refractivity contribution in [1.29, 1.82) is 0 Å². The first-order chi connectivity index (χ1) is 9.78. The second-order valence-electron chi connectivity index (χ2n) is 5.97. The smallest absolute Gasteiger partial charge is 0.157 e. The van der Waals surface area contributed by atoms with Crippen molar-refractivity contribution in [3.8, 4) is 0 Å². The van der Waals surface area contributed by atoms with Gasteiger partial charge in [0.1, 0.15) is 0 Å². The lowest BCUT2D eigenvalue weighted by Crippen LogP contribution is -2.45. The summed E-state index contributed by atoms with van der Waals surface area (Å²) in [5.74, 6) is 1.33. The van der Waals surface area contributed by atoms with Crippen LogP contribution in [0.3, 0.4) is 0 Å². The Morgan fingerprint density at radius 1 is 0.900 bits per heavy atom. The van der Waals surface area contributed by atoms with Crippen molar-refractivity contribution in [2.24, 2.45) is 11.8 Å². The highest BCUT2D eigenvalue weighted by atomic mass is 16.7. The molecule has 4 unspecified atom stereocenters. The van der Waals surface area contributed by atoms with Gasteiger partial charge in [0.2, 0.25) is 0 Å². The fourth-order valence-electron chi connectivity index (χ4n) is 2.72. The zero-order chi connectivity index (χ0) is 14.4. The van der Waals surface area contributed by atoms with Gasteiger partial charge in [-0.3, -0.25) is 0 Å². The van der Waals surface area contributed by atoms with Crippen LogP contribution in [0.25, 0.3) is 0 Å². The lowest BCUT2D eigenvalue weighted by atomic mass is 9.96. The standard InChI is InChI=1S/C16H30O4/c1-4-7-16(19-10-14-12(5-2)8-17-14)20-11-15-13(6-3)9-18-15/h12-16H,4-11H2,1-3H3. The van der Waals surface area contributed by atoms with Crippen molar-refractivity contribution in [3.05, 3.63) is 0 Å². The Kier molecular flexibility index (Phi) is 6.75. The molecule has 0 aromatic rings. The molecule has 0 spiro atoms. The minimum Gasteiger partial charge on any atom is -0.375 e. The minimum atomic E-state index is -0.108. The molecular weight excluding hydrogens is 256 g/mol. The monoisotopic (exact) mass is 286 g/mol. The van der Waals surface area contributed by atoms with Gasteiger partial charge in [-0.15, -0.1) is 0 Å².